The van der Waals surface area contributed by atoms with Crippen molar-refractivity contribution in [3.8, 4) is 0 Å². The third-order valence-electron chi connectivity index (χ3n) is 4.50. The van der Waals surface area contributed by atoms with E-state index >= 15 is 0 Å². The Hall–Kier alpha value is 0.0500. The van der Waals surface area contributed by atoms with Crippen LogP contribution in [0.15, 0.2) is 0 Å². The fraction of sp³-hybridized carbons (Fsp3) is 0.944. The van der Waals surface area contributed by atoms with E-state index in [4.69, 9.17) is 12.2 Å². The van der Waals surface area contributed by atoms with Gasteiger partial charge in [-0.15, -0.1) is 0 Å². The zero-order valence-corrected chi connectivity index (χ0v) is 14.0. The molecule has 0 aromatic carbocycles. The summed E-state index contributed by atoms with van der Waals surface area (Å²) in [4.78, 5) is 0.797. The molecular formula is C18H33OS. The molecule has 1 rings (SSSR count). The van der Waals surface area contributed by atoms with Crippen molar-refractivity contribution in [2.45, 2.75) is 109 Å². The Labute approximate surface area is 131 Å². The summed E-state index contributed by atoms with van der Waals surface area (Å²) < 4.78 is 0. The molecule has 1 radical (unpaired) electrons. The molecule has 0 bridgehead atoms. The average molecular weight is 298 g/mol. The summed E-state index contributed by atoms with van der Waals surface area (Å²) >= 11 is 5.29. The van der Waals surface area contributed by atoms with Crippen LogP contribution in [0.3, 0.4) is 0 Å². The maximum absolute atomic E-state index is 11.9. The lowest BCUT2D eigenvalue weighted by atomic mass is 10.00. The standard InChI is InChI=1S/C18H33OS/c19-17-15-13-11-9-7-5-3-1-2-4-6-8-10-12-14-16-18(17)20/h17H,1-16H2. The second-order valence-electron chi connectivity index (χ2n) is 6.44. The van der Waals surface area contributed by atoms with Crippen molar-refractivity contribution in [3.05, 3.63) is 0 Å². The molecule has 0 N–H and O–H groups in total. The molecule has 1 aliphatic rings. The van der Waals surface area contributed by atoms with Crippen molar-refractivity contribution < 1.29 is 5.11 Å². The van der Waals surface area contributed by atoms with Crippen LogP contribution >= 0.6 is 12.2 Å². The molecule has 0 saturated heterocycles. The quantitative estimate of drug-likeness (QED) is 0.473. The Morgan fingerprint density at radius 1 is 0.600 bits per heavy atom. The van der Waals surface area contributed by atoms with Crippen LogP contribution in [0.5, 0.6) is 0 Å². The molecule has 1 fully saturated rings. The SMILES string of the molecule is [O]C1CCCCCCCCCCCCCCCCC1=S. The highest BCUT2D eigenvalue weighted by atomic mass is 32.1. The van der Waals surface area contributed by atoms with Crippen molar-refractivity contribution in [1.82, 2.24) is 0 Å². The van der Waals surface area contributed by atoms with E-state index in [0.29, 0.717) is 0 Å². The van der Waals surface area contributed by atoms with Gasteiger partial charge < -0.3 is 0 Å². The molecular weight excluding hydrogens is 264 g/mol. The third kappa shape index (κ3) is 9.88. The monoisotopic (exact) mass is 297 g/mol. The minimum atomic E-state index is -0.566. The number of rotatable bonds is 0. The van der Waals surface area contributed by atoms with Crippen LogP contribution in [0.1, 0.15) is 103 Å². The first-order chi connectivity index (χ1) is 9.80. The predicted molar refractivity (Wildman–Crippen MR) is 90.9 cm³/mol. The summed E-state index contributed by atoms with van der Waals surface area (Å²) in [7, 11) is 0. The summed E-state index contributed by atoms with van der Waals surface area (Å²) in [6.45, 7) is 0. The second-order valence-corrected chi connectivity index (χ2v) is 6.97. The highest BCUT2D eigenvalue weighted by Gasteiger charge is 2.11. The molecule has 0 heterocycles. The van der Waals surface area contributed by atoms with Gasteiger partial charge in [0.2, 0.25) is 0 Å². The summed E-state index contributed by atoms with van der Waals surface area (Å²) in [6, 6.07) is 0. The third-order valence-corrected chi connectivity index (χ3v) is 4.97. The topological polar surface area (TPSA) is 19.9 Å². The molecule has 117 valence electrons. The summed E-state index contributed by atoms with van der Waals surface area (Å²) in [5.74, 6) is 0. The maximum Gasteiger partial charge on any atom is 0.124 e. The van der Waals surface area contributed by atoms with Gasteiger partial charge in [0.15, 0.2) is 0 Å². The van der Waals surface area contributed by atoms with Crippen molar-refractivity contribution in [3.63, 3.8) is 0 Å². The largest absolute Gasteiger partial charge is 0.227 e. The van der Waals surface area contributed by atoms with E-state index in [1.807, 2.05) is 0 Å². The Balaban J connectivity index is 2.20. The number of thiocarbonyl (C=S) groups is 1. The van der Waals surface area contributed by atoms with E-state index < -0.39 is 6.10 Å². The predicted octanol–water partition coefficient (Wildman–Crippen LogP) is 6.41. The van der Waals surface area contributed by atoms with E-state index in [1.54, 1.807) is 0 Å². The van der Waals surface area contributed by atoms with Crippen molar-refractivity contribution in [1.29, 1.82) is 0 Å². The molecule has 0 aromatic heterocycles. The Bertz CT molecular complexity index is 240. The first-order valence-electron chi connectivity index (χ1n) is 8.99. The molecule has 1 nitrogen and oxygen atoms in total. The van der Waals surface area contributed by atoms with Gasteiger partial charge in [0.1, 0.15) is 6.10 Å². The molecule has 1 saturated carbocycles. The zero-order valence-electron chi connectivity index (χ0n) is 13.2. The van der Waals surface area contributed by atoms with Gasteiger partial charge in [-0.05, 0) is 19.3 Å². The van der Waals surface area contributed by atoms with Gasteiger partial charge in [-0.1, -0.05) is 95.7 Å². The Morgan fingerprint density at radius 3 is 1.40 bits per heavy atom. The maximum atomic E-state index is 11.9. The lowest BCUT2D eigenvalue weighted by Gasteiger charge is -2.10. The minimum absolute atomic E-state index is 0.566. The molecule has 0 aromatic rings. The molecule has 0 spiro atoms. The summed E-state index contributed by atoms with van der Waals surface area (Å²) in [5, 5.41) is 11.9. The smallest absolute Gasteiger partial charge is 0.124 e. The van der Waals surface area contributed by atoms with E-state index in [2.05, 4.69) is 0 Å². The van der Waals surface area contributed by atoms with Crippen molar-refractivity contribution >= 4 is 17.1 Å². The second kappa shape index (κ2) is 12.8. The first-order valence-corrected chi connectivity index (χ1v) is 9.40. The molecule has 1 atom stereocenters. The van der Waals surface area contributed by atoms with Crippen LogP contribution in [-0.4, -0.2) is 11.0 Å². The van der Waals surface area contributed by atoms with Gasteiger partial charge >= 0.3 is 0 Å². The van der Waals surface area contributed by atoms with Gasteiger partial charge in [0, 0.05) is 4.86 Å². The van der Waals surface area contributed by atoms with Gasteiger partial charge in [-0.2, -0.15) is 0 Å². The van der Waals surface area contributed by atoms with E-state index in [1.165, 1.54) is 77.0 Å². The molecule has 0 amide bonds. The Morgan fingerprint density at radius 2 is 0.950 bits per heavy atom. The van der Waals surface area contributed by atoms with Crippen LogP contribution in [0.2, 0.25) is 0 Å². The number of hydrogen-bond acceptors (Lipinski definition) is 1. The highest BCUT2D eigenvalue weighted by molar-refractivity contribution is 7.80. The first kappa shape index (κ1) is 18.1. The Kier molecular flexibility index (Phi) is 11.6. The van der Waals surface area contributed by atoms with Crippen LogP contribution in [0.4, 0.5) is 0 Å². The zero-order chi connectivity index (χ0) is 14.5. The van der Waals surface area contributed by atoms with E-state index in [9.17, 15) is 5.11 Å². The minimum Gasteiger partial charge on any atom is -0.227 e. The summed E-state index contributed by atoms with van der Waals surface area (Å²) in [6.07, 6.45) is 19.6. The molecule has 1 aliphatic carbocycles. The molecule has 20 heavy (non-hydrogen) atoms. The van der Waals surface area contributed by atoms with E-state index in [-0.39, 0.29) is 0 Å². The van der Waals surface area contributed by atoms with E-state index in [0.717, 1.165) is 30.5 Å². The molecule has 0 aliphatic heterocycles. The highest BCUT2D eigenvalue weighted by Crippen LogP contribution is 2.16. The lowest BCUT2D eigenvalue weighted by molar-refractivity contribution is 0.135. The average Bonchev–Trinajstić information content (AvgIpc) is 2.45. The molecule has 1 unspecified atom stereocenters. The van der Waals surface area contributed by atoms with Crippen LogP contribution in [0, 0.1) is 0 Å². The molecule has 2 heteroatoms. The van der Waals surface area contributed by atoms with Crippen LogP contribution in [0.25, 0.3) is 0 Å². The lowest BCUT2D eigenvalue weighted by Crippen LogP contribution is -2.16. The van der Waals surface area contributed by atoms with Crippen molar-refractivity contribution in [2.75, 3.05) is 0 Å². The summed E-state index contributed by atoms with van der Waals surface area (Å²) in [5.41, 5.74) is 0. The van der Waals surface area contributed by atoms with Crippen LogP contribution in [-0.2, 0) is 5.11 Å². The van der Waals surface area contributed by atoms with Gasteiger partial charge in [-0.3, -0.25) is 0 Å². The van der Waals surface area contributed by atoms with Gasteiger partial charge in [0.25, 0.3) is 0 Å². The van der Waals surface area contributed by atoms with Crippen molar-refractivity contribution in [2.24, 2.45) is 0 Å². The van der Waals surface area contributed by atoms with Crippen LogP contribution < -0.4 is 0 Å². The fourth-order valence-corrected chi connectivity index (χ4v) is 3.33. The fourth-order valence-electron chi connectivity index (χ4n) is 3.07. The van der Waals surface area contributed by atoms with Gasteiger partial charge in [-0.25, -0.2) is 5.11 Å². The normalized spacial score (nSPS) is 26.6. The van der Waals surface area contributed by atoms with Gasteiger partial charge in [0.05, 0.1) is 0 Å². The number of hydrogen-bond donors (Lipinski definition) is 0.